The van der Waals surface area contributed by atoms with Gasteiger partial charge in [-0.3, -0.25) is 4.79 Å². The second-order valence-corrected chi connectivity index (χ2v) is 5.23. The highest BCUT2D eigenvalue weighted by atomic mass is 79.9. The number of hydrogen-bond donors (Lipinski definition) is 1. The maximum Gasteiger partial charge on any atom is 0.257 e. The van der Waals surface area contributed by atoms with Crippen LogP contribution in [0, 0.1) is 13.8 Å². The van der Waals surface area contributed by atoms with Crippen LogP contribution in [0.25, 0.3) is 0 Å². The van der Waals surface area contributed by atoms with Gasteiger partial charge in [0.2, 0.25) is 5.88 Å². The number of carbonyl (C=O) groups excluding carboxylic acids is 1. The van der Waals surface area contributed by atoms with Gasteiger partial charge in [-0.05, 0) is 47.5 Å². The Hall–Kier alpha value is -1.88. The summed E-state index contributed by atoms with van der Waals surface area (Å²) < 4.78 is 5.82. The number of aromatic nitrogens is 1. The molecule has 0 spiro atoms. The molecule has 0 saturated carbocycles. The van der Waals surface area contributed by atoms with E-state index in [0.717, 1.165) is 10.0 Å². The molecular formula is C15H15BrN2O2. The molecule has 0 saturated heterocycles. The largest absolute Gasteiger partial charge is 0.481 e. The molecule has 0 aliphatic carbocycles. The Balaban J connectivity index is 2.28. The lowest BCUT2D eigenvalue weighted by Crippen LogP contribution is -2.15. The van der Waals surface area contributed by atoms with Crippen LogP contribution >= 0.6 is 15.9 Å². The normalized spacial score (nSPS) is 10.2. The maximum atomic E-state index is 12.4. The molecule has 2 rings (SSSR count). The summed E-state index contributed by atoms with van der Waals surface area (Å²) >= 11 is 3.41. The fourth-order valence-electron chi connectivity index (χ4n) is 1.89. The number of hydrogen-bond acceptors (Lipinski definition) is 3. The number of carbonyl (C=O) groups is 1. The third kappa shape index (κ3) is 2.99. The molecule has 0 unspecified atom stereocenters. The lowest BCUT2D eigenvalue weighted by Gasteiger charge is -2.11. The van der Waals surface area contributed by atoms with Gasteiger partial charge >= 0.3 is 0 Å². The molecule has 0 bridgehead atoms. The number of methoxy groups -OCH3 is 1. The van der Waals surface area contributed by atoms with E-state index in [1.165, 1.54) is 0 Å². The SMILES string of the molecule is COc1ccc(NC(=O)c2c(C)cccc2Br)c(C)n1. The third-order valence-electron chi connectivity index (χ3n) is 2.97. The number of pyridine rings is 1. The van der Waals surface area contributed by atoms with Crippen molar-refractivity contribution in [2.24, 2.45) is 0 Å². The molecule has 4 nitrogen and oxygen atoms in total. The van der Waals surface area contributed by atoms with Crippen molar-refractivity contribution in [2.45, 2.75) is 13.8 Å². The van der Waals surface area contributed by atoms with Gasteiger partial charge < -0.3 is 10.1 Å². The number of halogens is 1. The molecule has 1 heterocycles. The van der Waals surface area contributed by atoms with Gasteiger partial charge in [0.15, 0.2) is 0 Å². The van der Waals surface area contributed by atoms with Crippen molar-refractivity contribution in [3.05, 3.63) is 51.6 Å². The van der Waals surface area contributed by atoms with Crippen LogP contribution in [0.15, 0.2) is 34.8 Å². The van der Waals surface area contributed by atoms with E-state index in [2.05, 4.69) is 26.2 Å². The van der Waals surface area contributed by atoms with Crippen LogP contribution in [0.3, 0.4) is 0 Å². The van der Waals surface area contributed by atoms with Gasteiger partial charge in [0.05, 0.1) is 24.1 Å². The zero-order valence-electron chi connectivity index (χ0n) is 11.5. The molecule has 0 fully saturated rings. The average molecular weight is 335 g/mol. The second-order valence-electron chi connectivity index (χ2n) is 4.37. The van der Waals surface area contributed by atoms with Crippen LogP contribution < -0.4 is 10.1 Å². The lowest BCUT2D eigenvalue weighted by atomic mass is 10.1. The first-order chi connectivity index (χ1) is 9.52. The van der Waals surface area contributed by atoms with Crippen LogP contribution in [0.5, 0.6) is 5.88 Å². The van der Waals surface area contributed by atoms with Crippen LogP contribution in [0.4, 0.5) is 5.69 Å². The van der Waals surface area contributed by atoms with Crippen molar-refractivity contribution in [3.63, 3.8) is 0 Å². The number of nitrogens with zero attached hydrogens (tertiary/aromatic N) is 1. The third-order valence-corrected chi connectivity index (χ3v) is 3.63. The summed E-state index contributed by atoms with van der Waals surface area (Å²) in [7, 11) is 1.56. The number of aryl methyl sites for hydroxylation is 2. The minimum Gasteiger partial charge on any atom is -0.481 e. The first-order valence-corrected chi connectivity index (χ1v) is 6.90. The van der Waals surface area contributed by atoms with E-state index in [9.17, 15) is 4.79 Å². The molecule has 0 atom stereocenters. The molecule has 1 N–H and O–H groups in total. The summed E-state index contributed by atoms with van der Waals surface area (Å²) in [5.74, 6) is 0.364. The lowest BCUT2D eigenvalue weighted by molar-refractivity contribution is 0.102. The van der Waals surface area contributed by atoms with Gasteiger partial charge in [-0.1, -0.05) is 12.1 Å². The first-order valence-electron chi connectivity index (χ1n) is 6.11. The zero-order valence-corrected chi connectivity index (χ0v) is 13.1. The van der Waals surface area contributed by atoms with Crippen molar-refractivity contribution in [2.75, 3.05) is 12.4 Å². The predicted octanol–water partition coefficient (Wildman–Crippen LogP) is 3.72. The van der Waals surface area contributed by atoms with E-state index >= 15 is 0 Å². The molecule has 1 aromatic carbocycles. The number of nitrogens with one attached hydrogen (secondary N) is 1. The van der Waals surface area contributed by atoms with Gasteiger partial charge in [0.25, 0.3) is 5.91 Å². The van der Waals surface area contributed by atoms with Gasteiger partial charge in [0, 0.05) is 10.5 Å². The first kappa shape index (κ1) is 14.5. The molecule has 5 heteroatoms. The summed E-state index contributed by atoms with van der Waals surface area (Å²) in [6, 6.07) is 9.15. The van der Waals surface area contributed by atoms with Gasteiger partial charge in [0.1, 0.15) is 0 Å². The smallest absolute Gasteiger partial charge is 0.257 e. The van der Waals surface area contributed by atoms with Crippen molar-refractivity contribution in [1.29, 1.82) is 0 Å². The molecule has 0 aliphatic rings. The van der Waals surface area contributed by atoms with Crippen LogP contribution in [-0.4, -0.2) is 18.0 Å². The summed E-state index contributed by atoms with van der Waals surface area (Å²) in [4.78, 5) is 16.6. The Labute approximate surface area is 126 Å². The van der Waals surface area contributed by atoms with E-state index in [1.807, 2.05) is 32.0 Å². The standard InChI is InChI=1S/C15H15BrN2O2/c1-9-5-4-6-11(16)14(9)15(19)18-12-7-8-13(20-3)17-10(12)2/h4-8H,1-3H3,(H,18,19). The van der Waals surface area contributed by atoms with Crippen LogP contribution in [-0.2, 0) is 0 Å². The Morgan fingerprint density at radius 1 is 1.25 bits per heavy atom. The fraction of sp³-hybridized carbons (Fsp3) is 0.200. The number of amides is 1. The van der Waals surface area contributed by atoms with Crippen molar-refractivity contribution < 1.29 is 9.53 Å². The van der Waals surface area contributed by atoms with Crippen molar-refractivity contribution >= 4 is 27.5 Å². The average Bonchev–Trinajstić information content (AvgIpc) is 2.41. The van der Waals surface area contributed by atoms with Gasteiger partial charge in [-0.25, -0.2) is 4.98 Å². The Morgan fingerprint density at radius 3 is 2.60 bits per heavy atom. The Kier molecular flexibility index (Phi) is 4.39. The molecule has 0 radical (unpaired) electrons. The minimum absolute atomic E-state index is 0.162. The summed E-state index contributed by atoms with van der Waals surface area (Å²) in [6.45, 7) is 3.73. The fourth-order valence-corrected chi connectivity index (χ4v) is 2.53. The number of ether oxygens (including phenoxy) is 1. The Bertz CT molecular complexity index is 636. The van der Waals surface area contributed by atoms with E-state index < -0.39 is 0 Å². The molecular weight excluding hydrogens is 320 g/mol. The van der Waals surface area contributed by atoms with Gasteiger partial charge in [-0.15, -0.1) is 0 Å². The highest BCUT2D eigenvalue weighted by molar-refractivity contribution is 9.10. The molecule has 104 valence electrons. The van der Waals surface area contributed by atoms with Crippen molar-refractivity contribution in [1.82, 2.24) is 4.98 Å². The zero-order chi connectivity index (χ0) is 14.7. The summed E-state index contributed by atoms with van der Waals surface area (Å²) in [5.41, 5.74) is 2.92. The quantitative estimate of drug-likeness (QED) is 0.930. The highest BCUT2D eigenvalue weighted by Crippen LogP contribution is 2.23. The maximum absolute atomic E-state index is 12.4. The Morgan fingerprint density at radius 2 is 2.00 bits per heavy atom. The van der Waals surface area contributed by atoms with Crippen LogP contribution in [0.2, 0.25) is 0 Å². The van der Waals surface area contributed by atoms with Crippen molar-refractivity contribution in [3.8, 4) is 5.88 Å². The summed E-state index contributed by atoms with van der Waals surface area (Å²) in [6.07, 6.45) is 0. The van der Waals surface area contributed by atoms with E-state index in [4.69, 9.17) is 4.74 Å². The number of anilines is 1. The number of benzene rings is 1. The second kappa shape index (κ2) is 6.05. The monoisotopic (exact) mass is 334 g/mol. The van der Waals surface area contributed by atoms with E-state index in [0.29, 0.717) is 22.8 Å². The van der Waals surface area contributed by atoms with Gasteiger partial charge in [-0.2, -0.15) is 0 Å². The minimum atomic E-state index is -0.162. The molecule has 1 aromatic heterocycles. The topological polar surface area (TPSA) is 51.2 Å². The molecule has 20 heavy (non-hydrogen) atoms. The van der Waals surface area contributed by atoms with E-state index in [1.54, 1.807) is 19.2 Å². The van der Waals surface area contributed by atoms with E-state index in [-0.39, 0.29) is 5.91 Å². The predicted molar refractivity (Wildman–Crippen MR) is 82.4 cm³/mol. The summed E-state index contributed by atoms with van der Waals surface area (Å²) in [5, 5.41) is 2.87. The molecule has 0 aliphatic heterocycles. The highest BCUT2D eigenvalue weighted by Gasteiger charge is 2.14. The van der Waals surface area contributed by atoms with Crippen LogP contribution in [0.1, 0.15) is 21.6 Å². The molecule has 1 amide bonds. The molecule has 2 aromatic rings. The number of rotatable bonds is 3.